The van der Waals surface area contributed by atoms with Crippen molar-refractivity contribution >= 4 is 16.7 Å². The molecule has 0 saturated heterocycles. The molecule has 1 aliphatic heterocycles. The lowest BCUT2D eigenvalue weighted by atomic mass is 10.1. The van der Waals surface area contributed by atoms with Crippen molar-refractivity contribution in [3.63, 3.8) is 0 Å². The van der Waals surface area contributed by atoms with Gasteiger partial charge in [0.05, 0.1) is 30.6 Å². The molecule has 3 heterocycles. The third-order valence-electron chi connectivity index (χ3n) is 5.23. The van der Waals surface area contributed by atoms with Crippen LogP contribution in [0.1, 0.15) is 22.4 Å². The van der Waals surface area contributed by atoms with E-state index >= 15 is 0 Å². The van der Waals surface area contributed by atoms with Crippen molar-refractivity contribution in [1.29, 1.82) is 0 Å². The highest BCUT2D eigenvalue weighted by molar-refractivity contribution is 5.83. The molecule has 7 heteroatoms. The van der Waals surface area contributed by atoms with Crippen LogP contribution in [0.4, 0.5) is 5.82 Å². The molecule has 3 N–H and O–H groups in total. The third kappa shape index (κ3) is 3.35. The minimum atomic E-state index is 0.464. The Balaban J connectivity index is 1.57. The topological polar surface area (TPSA) is 90.9 Å². The monoisotopic (exact) mass is 386 g/mol. The lowest BCUT2D eigenvalue weighted by molar-refractivity contribution is 0.107. The minimum Gasteiger partial charge on any atom is -0.375 e. The summed E-state index contributed by atoms with van der Waals surface area (Å²) in [7, 11) is 0. The number of rotatable bonds is 5. The van der Waals surface area contributed by atoms with Gasteiger partial charge in [0.15, 0.2) is 0 Å². The molecule has 4 aromatic rings. The van der Waals surface area contributed by atoms with Crippen LogP contribution in [0.25, 0.3) is 16.9 Å². The fourth-order valence-corrected chi connectivity index (χ4v) is 3.71. The van der Waals surface area contributed by atoms with Gasteiger partial charge in [0.2, 0.25) is 0 Å². The van der Waals surface area contributed by atoms with E-state index in [1.165, 1.54) is 5.56 Å². The second-order valence-electron chi connectivity index (χ2n) is 7.05. The standard InChI is InChI=1S/C22H22N6O/c23-11-16-7-4-8-20-18(16)13-25-28(20)22-26-19-14-29-10-9-17(19)21(27-22)24-12-15-5-2-1-3-6-15/h1-8,13H,9-12,14,23H2,(H,24,26,27). The molecule has 0 atom stereocenters. The number of benzene rings is 2. The van der Waals surface area contributed by atoms with Crippen LogP contribution in [-0.4, -0.2) is 26.4 Å². The Hall–Kier alpha value is -3.29. The quantitative estimate of drug-likeness (QED) is 0.548. The van der Waals surface area contributed by atoms with Crippen LogP contribution in [0, 0.1) is 0 Å². The number of hydrogen-bond donors (Lipinski definition) is 2. The summed E-state index contributed by atoms with van der Waals surface area (Å²) in [6.45, 7) is 2.33. The normalized spacial score (nSPS) is 13.4. The van der Waals surface area contributed by atoms with Gasteiger partial charge in [-0.3, -0.25) is 0 Å². The Morgan fingerprint density at radius 1 is 1.07 bits per heavy atom. The molecule has 0 amide bonds. The molecule has 5 rings (SSSR count). The fourth-order valence-electron chi connectivity index (χ4n) is 3.71. The van der Waals surface area contributed by atoms with Crippen LogP contribution in [0.2, 0.25) is 0 Å². The summed E-state index contributed by atoms with van der Waals surface area (Å²) in [5.74, 6) is 1.38. The molecule has 146 valence electrons. The maximum absolute atomic E-state index is 5.88. The summed E-state index contributed by atoms with van der Waals surface area (Å²) in [4.78, 5) is 9.61. The number of fused-ring (bicyclic) bond motifs is 2. The smallest absolute Gasteiger partial charge is 0.253 e. The Labute approximate surface area is 168 Å². The average Bonchev–Trinajstić information content (AvgIpc) is 3.22. The molecular weight excluding hydrogens is 364 g/mol. The van der Waals surface area contributed by atoms with Crippen LogP contribution in [0.3, 0.4) is 0 Å². The molecule has 0 radical (unpaired) electrons. The Morgan fingerprint density at radius 2 is 1.97 bits per heavy atom. The zero-order valence-electron chi connectivity index (χ0n) is 16.0. The highest BCUT2D eigenvalue weighted by Crippen LogP contribution is 2.26. The molecule has 0 spiro atoms. The Bertz CT molecular complexity index is 1150. The van der Waals surface area contributed by atoms with Gasteiger partial charge < -0.3 is 15.8 Å². The van der Waals surface area contributed by atoms with E-state index < -0.39 is 0 Å². The molecular formula is C22H22N6O. The highest BCUT2D eigenvalue weighted by Gasteiger charge is 2.20. The Kier molecular flexibility index (Phi) is 4.67. The molecule has 0 unspecified atom stereocenters. The molecule has 29 heavy (non-hydrogen) atoms. The van der Waals surface area contributed by atoms with E-state index in [2.05, 4.69) is 22.5 Å². The van der Waals surface area contributed by atoms with E-state index in [9.17, 15) is 0 Å². The zero-order valence-corrected chi connectivity index (χ0v) is 16.0. The van der Waals surface area contributed by atoms with Crippen LogP contribution in [-0.2, 0) is 30.9 Å². The van der Waals surface area contributed by atoms with Gasteiger partial charge in [-0.2, -0.15) is 14.8 Å². The predicted molar refractivity (Wildman–Crippen MR) is 112 cm³/mol. The average molecular weight is 386 g/mol. The lowest BCUT2D eigenvalue weighted by Gasteiger charge is -2.20. The third-order valence-corrected chi connectivity index (χ3v) is 5.23. The second kappa shape index (κ2) is 7.62. The van der Waals surface area contributed by atoms with Gasteiger partial charge in [-0.15, -0.1) is 0 Å². The molecule has 2 aromatic heterocycles. The van der Waals surface area contributed by atoms with Gasteiger partial charge >= 0.3 is 0 Å². The lowest BCUT2D eigenvalue weighted by Crippen LogP contribution is -2.19. The maximum atomic E-state index is 5.88. The number of nitrogens with two attached hydrogens (primary N) is 1. The van der Waals surface area contributed by atoms with E-state index in [0.29, 0.717) is 32.3 Å². The van der Waals surface area contributed by atoms with Crippen LogP contribution in [0.15, 0.2) is 54.7 Å². The minimum absolute atomic E-state index is 0.464. The fraction of sp³-hybridized carbons (Fsp3) is 0.227. The first-order valence-corrected chi connectivity index (χ1v) is 9.75. The van der Waals surface area contributed by atoms with Gasteiger partial charge in [0.1, 0.15) is 5.82 Å². The Morgan fingerprint density at radius 3 is 2.83 bits per heavy atom. The summed E-state index contributed by atoms with van der Waals surface area (Å²) >= 11 is 0. The predicted octanol–water partition coefficient (Wildman–Crippen LogP) is 2.96. The molecule has 0 saturated carbocycles. The largest absolute Gasteiger partial charge is 0.375 e. The first kappa shape index (κ1) is 17.8. The highest BCUT2D eigenvalue weighted by atomic mass is 16.5. The summed E-state index contributed by atoms with van der Waals surface area (Å²) in [5.41, 5.74) is 11.1. The van der Waals surface area contributed by atoms with Crippen molar-refractivity contribution in [1.82, 2.24) is 19.7 Å². The molecule has 0 aliphatic carbocycles. The van der Waals surface area contributed by atoms with Crippen LogP contribution < -0.4 is 11.1 Å². The van der Waals surface area contributed by atoms with Crippen LogP contribution >= 0.6 is 0 Å². The number of nitrogens with zero attached hydrogens (tertiary/aromatic N) is 4. The molecule has 0 bridgehead atoms. The zero-order chi connectivity index (χ0) is 19.6. The van der Waals surface area contributed by atoms with Gasteiger partial charge in [-0.25, -0.2) is 4.98 Å². The van der Waals surface area contributed by atoms with Gasteiger partial charge in [0, 0.05) is 30.5 Å². The molecule has 0 fully saturated rings. The summed E-state index contributed by atoms with van der Waals surface area (Å²) in [6.07, 6.45) is 2.62. The SMILES string of the molecule is NCc1cccc2c1cnn2-c1nc2c(c(NCc3ccccc3)n1)CCOC2. The van der Waals surface area contributed by atoms with Gasteiger partial charge in [-0.05, 0) is 17.2 Å². The molecule has 1 aliphatic rings. The van der Waals surface area contributed by atoms with Crippen molar-refractivity contribution in [2.45, 2.75) is 26.1 Å². The van der Waals surface area contributed by atoms with Gasteiger partial charge in [-0.1, -0.05) is 42.5 Å². The molecule has 7 nitrogen and oxygen atoms in total. The van der Waals surface area contributed by atoms with E-state index in [0.717, 1.165) is 40.0 Å². The maximum Gasteiger partial charge on any atom is 0.253 e. The summed E-state index contributed by atoms with van der Waals surface area (Å²) < 4.78 is 7.42. The number of hydrogen-bond acceptors (Lipinski definition) is 6. The number of aromatic nitrogens is 4. The van der Waals surface area contributed by atoms with E-state index in [1.54, 1.807) is 4.68 Å². The molecule has 2 aromatic carbocycles. The van der Waals surface area contributed by atoms with E-state index in [-0.39, 0.29) is 0 Å². The van der Waals surface area contributed by atoms with Crippen LogP contribution in [0.5, 0.6) is 0 Å². The van der Waals surface area contributed by atoms with Crippen molar-refractivity contribution < 1.29 is 4.74 Å². The number of anilines is 1. The summed E-state index contributed by atoms with van der Waals surface area (Å²) in [5, 5.41) is 9.06. The van der Waals surface area contributed by atoms with Crippen molar-refractivity contribution in [3.8, 4) is 5.95 Å². The van der Waals surface area contributed by atoms with Crippen molar-refractivity contribution in [3.05, 3.63) is 77.1 Å². The first-order valence-electron chi connectivity index (χ1n) is 9.75. The van der Waals surface area contributed by atoms with Crippen molar-refractivity contribution in [2.75, 3.05) is 11.9 Å². The number of ether oxygens (including phenoxy) is 1. The summed E-state index contributed by atoms with van der Waals surface area (Å²) in [6, 6.07) is 16.3. The van der Waals surface area contributed by atoms with Crippen molar-refractivity contribution in [2.24, 2.45) is 5.73 Å². The van der Waals surface area contributed by atoms with E-state index in [1.807, 2.05) is 42.6 Å². The number of nitrogens with one attached hydrogen (secondary N) is 1. The first-order chi connectivity index (χ1) is 14.3. The second-order valence-corrected chi connectivity index (χ2v) is 7.05. The van der Waals surface area contributed by atoms with E-state index in [4.69, 9.17) is 20.4 Å². The van der Waals surface area contributed by atoms with Gasteiger partial charge in [0.25, 0.3) is 5.95 Å².